The number of anilines is 1. The summed E-state index contributed by atoms with van der Waals surface area (Å²) in [6.45, 7) is 2.40. The van der Waals surface area contributed by atoms with Crippen molar-refractivity contribution in [1.82, 2.24) is 9.55 Å². The second kappa shape index (κ2) is 7.60. The molecule has 3 aromatic rings. The lowest BCUT2D eigenvalue weighted by molar-refractivity contribution is 0.721. The Kier molecular flexibility index (Phi) is 5.07. The van der Waals surface area contributed by atoms with E-state index in [1.807, 2.05) is 37.3 Å². The lowest BCUT2D eigenvalue weighted by Gasteiger charge is -1.99. The van der Waals surface area contributed by atoms with E-state index < -0.39 is 0 Å². The van der Waals surface area contributed by atoms with E-state index in [1.54, 1.807) is 35.3 Å². The lowest BCUT2D eigenvalue weighted by atomic mass is 10.1. The third-order valence-corrected chi connectivity index (χ3v) is 4.79. The van der Waals surface area contributed by atoms with Gasteiger partial charge in [0.25, 0.3) is 5.56 Å². The van der Waals surface area contributed by atoms with Crippen molar-refractivity contribution in [3.05, 3.63) is 80.0 Å². The first-order valence-electron chi connectivity index (χ1n) is 7.80. The highest BCUT2D eigenvalue weighted by atomic mass is 32.1. The minimum absolute atomic E-state index is 0.104. The zero-order chi connectivity index (χ0) is 17.6. The zero-order valence-electron chi connectivity index (χ0n) is 13.6. The van der Waals surface area contributed by atoms with E-state index in [0.29, 0.717) is 21.3 Å². The molecule has 1 aromatic carbocycles. The van der Waals surface area contributed by atoms with Crippen LogP contribution in [0.4, 0.5) is 5.69 Å². The average molecular weight is 348 g/mol. The molecule has 0 atom stereocenters. The number of nitrogens with one attached hydrogen (secondary N) is 1. The van der Waals surface area contributed by atoms with Gasteiger partial charge in [0.15, 0.2) is 0 Å². The summed E-state index contributed by atoms with van der Waals surface area (Å²) in [6.07, 6.45) is 4.97. The maximum absolute atomic E-state index is 12.7. The molecule has 6 heteroatoms. The van der Waals surface area contributed by atoms with Crippen molar-refractivity contribution >= 4 is 28.8 Å². The van der Waals surface area contributed by atoms with E-state index in [2.05, 4.69) is 16.4 Å². The van der Waals surface area contributed by atoms with Crippen molar-refractivity contribution in [2.24, 2.45) is 0 Å². The summed E-state index contributed by atoms with van der Waals surface area (Å²) in [4.78, 5) is 16.6. The number of hydrogen-bond donors (Lipinski definition) is 1. The zero-order valence-corrected chi connectivity index (χ0v) is 14.5. The molecule has 124 valence electrons. The quantitative estimate of drug-likeness (QED) is 0.782. The van der Waals surface area contributed by atoms with E-state index >= 15 is 0 Å². The molecule has 5 nitrogen and oxygen atoms in total. The first kappa shape index (κ1) is 16.7. The van der Waals surface area contributed by atoms with E-state index in [9.17, 15) is 10.1 Å². The maximum atomic E-state index is 12.7. The van der Waals surface area contributed by atoms with Crippen molar-refractivity contribution in [2.45, 2.75) is 13.5 Å². The molecule has 0 aliphatic rings. The van der Waals surface area contributed by atoms with Gasteiger partial charge in [-0.25, -0.2) is 0 Å². The van der Waals surface area contributed by atoms with Gasteiger partial charge in [-0.2, -0.15) is 5.26 Å². The van der Waals surface area contributed by atoms with Gasteiger partial charge in [0, 0.05) is 30.8 Å². The van der Waals surface area contributed by atoms with Gasteiger partial charge in [-0.3, -0.25) is 14.3 Å². The smallest absolute Gasteiger partial charge is 0.270 e. The van der Waals surface area contributed by atoms with Crippen LogP contribution in [0.3, 0.4) is 0 Å². The van der Waals surface area contributed by atoms with Crippen LogP contribution in [0, 0.1) is 11.3 Å². The Bertz CT molecular complexity index is 1080. The minimum Gasteiger partial charge on any atom is -0.360 e. The standard InChI is InChI=1S/C19H16N4OS/c1-2-23-18(24)17(13-22-15-6-4-3-5-7-15)25-19(23)16(12-20)14-8-10-21-11-9-14/h3-11,13,22H,2H2,1H3. The molecule has 1 N–H and O–H groups in total. The Hall–Kier alpha value is -3.17. The summed E-state index contributed by atoms with van der Waals surface area (Å²) in [7, 11) is 0. The molecule has 0 unspecified atom stereocenters. The highest BCUT2D eigenvalue weighted by Gasteiger charge is 2.09. The van der Waals surface area contributed by atoms with Gasteiger partial charge in [0.05, 0.1) is 5.57 Å². The minimum atomic E-state index is -0.104. The van der Waals surface area contributed by atoms with Crippen molar-refractivity contribution in [1.29, 1.82) is 5.26 Å². The van der Waals surface area contributed by atoms with Crippen LogP contribution >= 0.6 is 11.3 Å². The molecule has 2 aromatic heterocycles. The molecule has 25 heavy (non-hydrogen) atoms. The molecule has 0 radical (unpaired) electrons. The Morgan fingerprint density at radius 3 is 2.64 bits per heavy atom. The average Bonchev–Trinajstić information content (AvgIpc) is 2.98. The number of aromatic nitrogens is 2. The van der Waals surface area contributed by atoms with Crippen molar-refractivity contribution in [3.63, 3.8) is 0 Å². The second-order valence-corrected chi connectivity index (χ2v) is 6.23. The van der Waals surface area contributed by atoms with Crippen LogP contribution < -0.4 is 20.1 Å². The highest BCUT2D eigenvalue weighted by molar-refractivity contribution is 7.07. The van der Waals surface area contributed by atoms with Gasteiger partial charge in [0.1, 0.15) is 15.3 Å². The summed E-state index contributed by atoms with van der Waals surface area (Å²) >= 11 is 1.31. The van der Waals surface area contributed by atoms with Gasteiger partial charge in [-0.15, -0.1) is 11.3 Å². The summed E-state index contributed by atoms with van der Waals surface area (Å²) in [6, 6.07) is 15.4. The van der Waals surface area contributed by atoms with Crippen LogP contribution in [0.2, 0.25) is 0 Å². The summed E-state index contributed by atoms with van der Waals surface area (Å²) in [5, 5.41) is 12.8. The summed E-state index contributed by atoms with van der Waals surface area (Å²) < 4.78 is 2.84. The highest BCUT2D eigenvalue weighted by Crippen LogP contribution is 2.08. The van der Waals surface area contributed by atoms with Gasteiger partial charge < -0.3 is 5.32 Å². The van der Waals surface area contributed by atoms with Crippen LogP contribution in [0.1, 0.15) is 12.5 Å². The number of hydrogen-bond acceptors (Lipinski definition) is 5. The predicted octanol–water partition coefficient (Wildman–Crippen LogP) is 1.90. The molecule has 0 bridgehead atoms. The summed E-state index contributed by atoms with van der Waals surface area (Å²) in [5.74, 6) is 0. The van der Waals surface area contributed by atoms with E-state index in [4.69, 9.17) is 0 Å². The Labute approximate surface area is 148 Å². The third-order valence-electron chi connectivity index (χ3n) is 3.66. The first-order valence-corrected chi connectivity index (χ1v) is 8.62. The van der Waals surface area contributed by atoms with Crippen LogP contribution in [-0.4, -0.2) is 9.55 Å². The largest absolute Gasteiger partial charge is 0.360 e. The fourth-order valence-corrected chi connectivity index (χ4v) is 3.54. The number of pyridine rings is 1. The third kappa shape index (κ3) is 3.52. The van der Waals surface area contributed by atoms with Crippen LogP contribution in [0.5, 0.6) is 0 Å². The van der Waals surface area contributed by atoms with E-state index in [1.165, 1.54) is 11.3 Å². The number of rotatable bonds is 4. The molecular weight excluding hydrogens is 332 g/mol. The monoisotopic (exact) mass is 348 g/mol. The van der Waals surface area contributed by atoms with Gasteiger partial charge in [0.2, 0.25) is 0 Å². The number of benzene rings is 1. The number of nitriles is 1. The molecule has 0 fully saturated rings. The summed E-state index contributed by atoms with van der Waals surface area (Å²) in [5.41, 5.74) is 2.03. The number of thiazole rings is 1. The fraction of sp³-hybridized carbons (Fsp3) is 0.105. The Morgan fingerprint density at radius 2 is 2.00 bits per heavy atom. The first-order chi connectivity index (χ1) is 12.2. The van der Waals surface area contributed by atoms with Crippen LogP contribution in [0.25, 0.3) is 11.8 Å². The normalized spacial score (nSPS) is 12.6. The van der Waals surface area contributed by atoms with Crippen molar-refractivity contribution in [3.8, 4) is 6.07 Å². The molecule has 0 spiro atoms. The van der Waals surface area contributed by atoms with Gasteiger partial charge in [-0.05, 0) is 36.8 Å². The van der Waals surface area contributed by atoms with Gasteiger partial charge >= 0.3 is 0 Å². The molecule has 0 aliphatic carbocycles. The molecule has 0 aliphatic heterocycles. The predicted molar refractivity (Wildman–Crippen MR) is 100 cm³/mol. The van der Waals surface area contributed by atoms with Crippen molar-refractivity contribution in [2.75, 3.05) is 5.32 Å². The molecule has 3 rings (SSSR count). The lowest BCUT2D eigenvalue weighted by Crippen LogP contribution is -2.31. The molecule has 0 saturated heterocycles. The fourth-order valence-electron chi connectivity index (χ4n) is 2.43. The van der Waals surface area contributed by atoms with Crippen LogP contribution in [-0.2, 0) is 6.54 Å². The Balaban J connectivity index is 2.18. The number of nitrogens with zero attached hydrogens (tertiary/aromatic N) is 3. The van der Waals surface area contributed by atoms with E-state index in [0.717, 1.165) is 11.3 Å². The molecular formula is C19H16N4OS. The SMILES string of the molecule is CCn1c(=C(C#N)c2ccncc2)sc(=CNc2ccccc2)c1=O. The Morgan fingerprint density at radius 1 is 1.28 bits per heavy atom. The second-order valence-electron chi connectivity index (χ2n) is 5.20. The van der Waals surface area contributed by atoms with Crippen LogP contribution in [0.15, 0.2) is 59.7 Å². The molecule has 0 saturated carbocycles. The van der Waals surface area contributed by atoms with E-state index in [-0.39, 0.29) is 5.56 Å². The molecule has 2 heterocycles. The number of para-hydroxylation sites is 1. The topological polar surface area (TPSA) is 70.7 Å². The van der Waals surface area contributed by atoms with Gasteiger partial charge in [-0.1, -0.05) is 18.2 Å². The molecule has 0 amide bonds. The van der Waals surface area contributed by atoms with Crippen molar-refractivity contribution < 1.29 is 0 Å². The maximum Gasteiger partial charge on any atom is 0.270 e.